The lowest BCUT2D eigenvalue weighted by molar-refractivity contribution is 0.108. The van der Waals surface area contributed by atoms with Gasteiger partial charge in [-0.25, -0.2) is 15.0 Å². The zero-order chi connectivity index (χ0) is 29.3. The highest BCUT2D eigenvalue weighted by Crippen LogP contribution is 2.27. The first-order chi connectivity index (χ1) is 21.2. The number of nitrogens with zero attached hydrogens (tertiary/aromatic N) is 5. The number of benzene rings is 3. The molecule has 9 heteroatoms. The topological polar surface area (TPSA) is 102 Å². The summed E-state index contributed by atoms with van der Waals surface area (Å²) in [6.45, 7) is 6.79. The molecule has 220 valence electrons. The minimum absolute atomic E-state index is 0.232. The van der Waals surface area contributed by atoms with E-state index in [1.165, 1.54) is 5.56 Å². The van der Waals surface area contributed by atoms with E-state index in [4.69, 9.17) is 14.8 Å². The molecule has 2 aromatic heterocycles. The molecule has 6 rings (SSSR count). The Labute approximate surface area is 252 Å². The largest absolute Gasteiger partial charge is 0.493 e. The lowest BCUT2D eigenvalue weighted by atomic mass is 10.0. The number of aromatic nitrogens is 4. The van der Waals surface area contributed by atoms with Crippen molar-refractivity contribution in [3.05, 3.63) is 97.3 Å². The number of aromatic amines is 1. The van der Waals surface area contributed by atoms with Gasteiger partial charge in [-0.15, -0.1) is 0 Å². The fraction of sp³-hybridized carbons (Fsp3) is 0.265. The van der Waals surface area contributed by atoms with Gasteiger partial charge < -0.3 is 25.0 Å². The van der Waals surface area contributed by atoms with Crippen LogP contribution in [-0.2, 0) is 0 Å². The van der Waals surface area contributed by atoms with Crippen LogP contribution in [0.5, 0.6) is 5.75 Å². The molecular weight excluding hydrogens is 538 g/mol. The van der Waals surface area contributed by atoms with Gasteiger partial charge in [0.15, 0.2) is 0 Å². The van der Waals surface area contributed by atoms with Crippen LogP contribution in [0.1, 0.15) is 6.42 Å². The maximum atomic E-state index is 9.11. The van der Waals surface area contributed by atoms with Crippen molar-refractivity contribution in [1.29, 1.82) is 0 Å². The van der Waals surface area contributed by atoms with Crippen LogP contribution in [0.25, 0.3) is 33.9 Å². The zero-order valence-corrected chi connectivity index (χ0v) is 24.2. The molecule has 0 unspecified atom stereocenters. The summed E-state index contributed by atoms with van der Waals surface area (Å²) >= 11 is 0. The summed E-state index contributed by atoms with van der Waals surface area (Å²) in [5.74, 6) is 2.09. The second-order valence-electron chi connectivity index (χ2n) is 10.6. The van der Waals surface area contributed by atoms with Crippen LogP contribution in [0.3, 0.4) is 0 Å². The average molecular weight is 576 g/mol. The number of H-pyrrole nitrogens is 1. The van der Waals surface area contributed by atoms with Gasteiger partial charge in [-0.3, -0.25) is 4.90 Å². The van der Waals surface area contributed by atoms with Gasteiger partial charge in [-0.05, 0) is 41.8 Å². The third-order valence-electron chi connectivity index (χ3n) is 7.61. The van der Waals surface area contributed by atoms with E-state index < -0.39 is 0 Å². The molecule has 0 bridgehead atoms. The van der Waals surface area contributed by atoms with E-state index in [1.807, 2.05) is 54.6 Å². The Morgan fingerprint density at radius 3 is 2.40 bits per heavy atom. The van der Waals surface area contributed by atoms with E-state index in [0.29, 0.717) is 12.6 Å². The summed E-state index contributed by atoms with van der Waals surface area (Å²) in [6.07, 6.45) is 4.51. The van der Waals surface area contributed by atoms with Gasteiger partial charge in [0.1, 0.15) is 11.6 Å². The van der Waals surface area contributed by atoms with Crippen molar-refractivity contribution in [1.82, 2.24) is 29.7 Å². The van der Waals surface area contributed by atoms with Crippen molar-refractivity contribution in [3.63, 3.8) is 0 Å². The summed E-state index contributed by atoms with van der Waals surface area (Å²) in [4.78, 5) is 22.0. The number of aliphatic hydroxyl groups excluding tert-OH is 1. The number of aliphatic hydroxyl groups is 1. The first-order valence-corrected chi connectivity index (χ1v) is 14.8. The summed E-state index contributed by atoms with van der Waals surface area (Å²) in [5, 5.41) is 12.4. The van der Waals surface area contributed by atoms with Gasteiger partial charge in [-0.2, -0.15) is 0 Å². The lowest BCUT2D eigenvalue weighted by Crippen LogP contribution is -2.47. The molecule has 3 N–H and O–H groups in total. The van der Waals surface area contributed by atoms with Crippen LogP contribution in [-0.4, -0.2) is 87.3 Å². The lowest BCUT2D eigenvalue weighted by Gasteiger charge is -2.34. The molecule has 0 amide bonds. The SMILES string of the molecule is OCCN1CCN(CCCOc2cccc(Nc3nccc(-c4cnc(-c5cccc(-c6ccccc6)c5)[nH]4)n3)c2)CC1. The Morgan fingerprint density at radius 2 is 1.56 bits per heavy atom. The molecule has 9 nitrogen and oxygen atoms in total. The monoisotopic (exact) mass is 575 g/mol. The summed E-state index contributed by atoms with van der Waals surface area (Å²) in [6, 6.07) is 28.4. The van der Waals surface area contributed by atoms with Crippen molar-refractivity contribution in [2.75, 3.05) is 57.8 Å². The van der Waals surface area contributed by atoms with Gasteiger partial charge in [0.05, 0.1) is 30.8 Å². The molecule has 0 radical (unpaired) electrons. The van der Waals surface area contributed by atoms with Crippen molar-refractivity contribution < 1.29 is 9.84 Å². The number of hydrogen-bond donors (Lipinski definition) is 3. The van der Waals surface area contributed by atoms with Crippen LogP contribution < -0.4 is 10.1 Å². The van der Waals surface area contributed by atoms with Crippen molar-refractivity contribution in [3.8, 4) is 39.7 Å². The number of nitrogens with one attached hydrogen (secondary N) is 2. The normalized spacial score (nSPS) is 14.1. The summed E-state index contributed by atoms with van der Waals surface area (Å²) < 4.78 is 6.05. The van der Waals surface area contributed by atoms with Crippen molar-refractivity contribution in [2.45, 2.75) is 6.42 Å². The van der Waals surface area contributed by atoms with E-state index in [2.05, 4.69) is 60.4 Å². The van der Waals surface area contributed by atoms with Gasteiger partial charge >= 0.3 is 0 Å². The van der Waals surface area contributed by atoms with Crippen molar-refractivity contribution >= 4 is 11.6 Å². The van der Waals surface area contributed by atoms with Crippen LogP contribution in [0.15, 0.2) is 97.3 Å². The van der Waals surface area contributed by atoms with E-state index in [1.54, 1.807) is 12.4 Å². The van der Waals surface area contributed by atoms with Crippen molar-refractivity contribution in [2.24, 2.45) is 0 Å². The first kappa shape index (κ1) is 28.5. The van der Waals surface area contributed by atoms with Gasteiger partial charge in [0, 0.05) is 62.8 Å². The number of ether oxygens (including phenoxy) is 1. The molecule has 0 atom stereocenters. The molecule has 0 spiro atoms. The molecule has 3 aromatic carbocycles. The molecule has 1 saturated heterocycles. The second kappa shape index (κ2) is 14.1. The van der Waals surface area contributed by atoms with Gasteiger partial charge in [0.25, 0.3) is 0 Å². The third-order valence-corrected chi connectivity index (χ3v) is 7.61. The number of imidazole rings is 1. The average Bonchev–Trinajstić information content (AvgIpc) is 3.56. The van der Waals surface area contributed by atoms with Crippen LogP contribution in [0, 0.1) is 0 Å². The minimum atomic E-state index is 0.232. The first-order valence-electron chi connectivity index (χ1n) is 14.8. The number of anilines is 2. The minimum Gasteiger partial charge on any atom is -0.493 e. The second-order valence-corrected chi connectivity index (χ2v) is 10.6. The van der Waals surface area contributed by atoms with E-state index >= 15 is 0 Å². The number of hydrogen-bond acceptors (Lipinski definition) is 8. The Hall–Kier alpha value is -4.57. The third kappa shape index (κ3) is 7.64. The highest BCUT2D eigenvalue weighted by atomic mass is 16.5. The van der Waals surface area contributed by atoms with Gasteiger partial charge in [0.2, 0.25) is 5.95 Å². The van der Waals surface area contributed by atoms with Crippen LogP contribution in [0.2, 0.25) is 0 Å². The Bertz CT molecular complexity index is 1600. The predicted octanol–water partition coefficient (Wildman–Crippen LogP) is 5.32. The molecule has 1 aliphatic heterocycles. The summed E-state index contributed by atoms with van der Waals surface area (Å²) in [5.41, 5.74) is 5.75. The quantitative estimate of drug-likeness (QED) is 0.172. The van der Waals surface area contributed by atoms with E-state index in [0.717, 1.165) is 85.5 Å². The van der Waals surface area contributed by atoms with E-state index in [9.17, 15) is 0 Å². The Kier molecular flexibility index (Phi) is 9.34. The molecule has 0 saturated carbocycles. The zero-order valence-electron chi connectivity index (χ0n) is 24.2. The van der Waals surface area contributed by atoms with Crippen LogP contribution >= 0.6 is 0 Å². The highest BCUT2D eigenvalue weighted by molar-refractivity contribution is 5.71. The molecule has 1 fully saturated rings. The summed E-state index contributed by atoms with van der Waals surface area (Å²) in [7, 11) is 0. The standard InChI is InChI=1S/C34H37N7O2/c42-21-20-41-18-16-40(17-19-41)15-6-22-43-30-12-5-11-29(24-30)37-34-35-14-13-31(39-34)32-25-36-33(38-32)28-10-4-9-27(23-28)26-7-2-1-3-8-26/h1-5,7-14,23-25,42H,6,15-22H2,(H,36,38)(H,35,37,39). The Morgan fingerprint density at radius 1 is 0.791 bits per heavy atom. The molecule has 0 aliphatic carbocycles. The maximum absolute atomic E-state index is 9.11. The maximum Gasteiger partial charge on any atom is 0.227 e. The molecule has 1 aliphatic rings. The molecule has 5 aromatic rings. The number of piperazine rings is 1. The number of rotatable bonds is 12. The van der Waals surface area contributed by atoms with E-state index in [-0.39, 0.29) is 6.61 Å². The Balaban J connectivity index is 1.04. The fourth-order valence-corrected chi connectivity index (χ4v) is 5.29. The predicted molar refractivity (Wildman–Crippen MR) is 170 cm³/mol. The highest BCUT2D eigenvalue weighted by Gasteiger charge is 2.15. The van der Waals surface area contributed by atoms with Gasteiger partial charge in [-0.1, -0.05) is 54.6 Å². The molecular formula is C34H37N7O2. The smallest absolute Gasteiger partial charge is 0.227 e. The number of β-amino-alcohol motifs (C(OH)–C–C–N with tert-alkyl or cyclic N) is 1. The molecule has 3 heterocycles. The molecule has 43 heavy (non-hydrogen) atoms. The van der Waals surface area contributed by atoms with Crippen LogP contribution in [0.4, 0.5) is 11.6 Å². The fourth-order valence-electron chi connectivity index (χ4n) is 5.29.